The molecule has 10 aliphatic carbocycles. The third-order valence-corrected chi connectivity index (χ3v) is 19.2. The zero-order valence-corrected chi connectivity index (χ0v) is 36.0. The summed E-state index contributed by atoms with van der Waals surface area (Å²) < 4.78 is 2.68. The minimum Gasteiger partial charge on any atom is -0.306 e. The molecule has 0 N–H and O–H groups in total. The van der Waals surface area contributed by atoms with Gasteiger partial charge in [0, 0.05) is 33.2 Å². The SMILES string of the molecule is N#Cc1cc2c(c3c1C1CC4CC(C1)CC3C4)c1c3c(cc4c5c6c(ncc5n2c41)C1CC2CC(C1)CC6C2)-c1c(-c2ccccc2)cccc1C31c2ccccc2-c2ccccc21. The summed E-state index contributed by atoms with van der Waals surface area (Å²) in [5.74, 6) is 5.18. The van der Waals surface area contributed by atoms with Gasteiger partial charge in [-0.2, -0.15) is 5.26 Å². The van der Waals surface area contributed by atoms with Crippen molar-refractivity contribution in [2.75, 3.05) is 0 Å². The zero-order valence-electron chi connectivity index (χ0n) is 36.0. The molecule has 0 saturated heterocycles. The molecule has 10 aliphatic rings. The molecule has 3 nitrogen and oxygen atoms in total. The molecule has 64 heavy (non-hydrogen) atoms. The molecule has 0 amide bonds. The fourth-order valence-electron chi connectivity index (χ4n) is 17.7. The Kier molecular flexibility index (Phi) is 6.16. The summed E-state index contributed by atoms with van der Waals surface area (Å²) in [6.45, 7) is 0. The van der Waals surface area contributed by atoms with Crippen molar-refractivity contribution in [1.82, 2.24) is 9.38 Å². The molecule has 9 aromatic rings. The number of nitrogens with zero attached hydrogens (tertiary/aromatic N) is 3. The third kappa shape index (κ3) is 3.84. The van der Waals surface area contributed by atoms with Gasteiger partial charge in [0.25, 0.3) is 0 Å². The molecule has 4 saturated carbocycles. The Hall–Kier alpha value is -6.24. The normalized spacial score (nSPS) is 27.8. The van der Waals surface area contributed by atoms with E-state index in [2.05, 4.69) is 126 Å². The quantitative estimate of drug-likeness (QED) is 0.165. The van der Waals surface area contributed by atoms with E-state index in [1.165, 1.54) is 169 Å². The van der Waals surface area contributed by atoms with Gasteiger partial charge in [-0.1, -0.05) is 97.1 Å². The van der Waals surface area contributed by atoms with Gasteiger partial charge in [-0.3, -0.25) is 4.98 Å². The van der Waals surface area contributed by atoms with E-state index in [0.29, 0.717) is 23.7 Å². The molecule has 0 aliphatic heterocycles. The number of hydrogen-bond acceptors (Lipinski definition) is 2. The van der Waals surface area contributed by atoms with E-state index in [4.69, 9.17) is 4.98 Å². The molecular formula is C61H47N3. The van der Waals surface area contributed by atoms with Gasteiger partial charge in [0.1, 0.15) is 0 Å². The second-order valence-electron chi connectivity index (χ2n) is 22.0. The predicted octanol–water partition coefficient (Wildman–Crippen LogP) is 14.9. The Morgan fingerprint density at radius 3 is 1.80 bits per heavy atom. The summed E-state index contributed by atoms with van der Waals surface area (Å²) in [6.07, 6.45) is 15.3. The first-order valence-corrected chi connectivity index (χ1v) is 24.7. The highest BCUT2D eigenvalue weighted by Crippen LogP contribution is 2.69. The van der Waals surface area contributed by atoms with Crippen LogP contribution in [0.15, 0.2) is 115 Å². The lowest BCUT2D eigenvalue weighted by Crippen LogP contribution is -2.26. The fraction of sp³-hybridized carbons (Fsp3) is 0.311. The van der Waals surface area contributed by atoms with Crippen molar-refractivity contribution in [1.29, 1.82) is 5.26 Å². The largest absolute Gasteiger partial charge is 0.306 e. The lowest BCUT2D eigenvalue weighted by molar-refractivity contribution is 0.165. The summed E-state index contributed by atoms with van der Waals surface area (Å²) in [7, 11) is 0. The number of hydrogen-bond donors (Lipinski definition) is 0. The van der Waals surface area contributed by atoms with Crippen molar-refractivity contribution in [3.05, 3.63) is 166 Å². The van der Waals surface area contributed by atoms with Crippen LogP contribution in [-0.2, 0) is 5.41 Å². The second-order valence-corrected chi connectivity index (χ2v) is 22.0. The number of benzene rings is 6. The van der Waals surface area contributed by atoms with E-state index >= 15 is 0 Å². The minimum atomic E-state index is -0.523. The van der Waals surface area contributed by atoms with Crippen LogP contribution in [0.3, 0.4) is 0 Å². The summed E-state index contributed by atoms with van der Waals surface area (Å²) >= 11 is 0. The predicted molar refractivity (Wildman–Crippen MR) is 256 cm³/mol. The highest BCUT2D eigenvalue weighted by Gasteiger charge is 2.55. The van der Waals surface area contributed by atoms with Crippen molar-refractivity contribution in [2.24, 2.45) is 23.7 Å². The van der Waals surface area contributed by atoms with Crippen LogP contribution in [0.2, 0.25) is 0 Å². The molecule has 3 heterocycles. The van der Waals surface area contributed by atoms with Gasteiger partial charge in [-0.05, 0) is 190 Å². The maximum absolute atomic E-state index is 11.3. The lowest BCUT2D eigenvalue weighted by atomic mass is 9.66. The number of pyridine rings is 1. The molecule has 3 heteroatoms. The summed E-state index contributed by atoms with van der Waals surface area (Å²) in [5, 5.41) is 17.1. The summed E-state index contributed by atoms with van der Waals surface area (Å²) in [4.78, 5) is 5.63. The Balaban J connectivity index is 1.14. The average molecular weight is 822 g/mol. The van der Waals surface area contributed by atoms with E-state index in [1.54, 1.807) is 11.1 Å². The van der Waals surface area contributed by atoms with Crippen molar-refractivity contribution in [3.63, 3.8) is 0 Å². The maximum Gasteiger partial charge on any atom is 0.0995 e. The van der Waals surface area contributed by atoms with Crippen LogP contribution in [0.25, 0.3) is 71.5 Å². The number of fused-ring (bicyclic) bond motifs is 17. The first kappa shape index (κ1) is 34.2. The van der Waals surface area contributed by atoms with E-state index in [1.807, 2.05) is 0 Å². The number of rotatable bonds is 1. The van der Waals surface area contributed by atoms with Crippen LogP contribution in [0.4, 0.5) is 0 Å². The second kappa shape index (κ2) is 11.5. The minimum absolute atomic E-state index is 0.460. The molecule has 0 radical (unpaired) electrons. The van der Waals surface area contributed by atoms with Gasteiger partial charge in [0.05, 0.1) is 39.8 Å². The Bertz CT molecular complexity index is 3580. The topological polar surface area (TPSA) is 41.1 Å². The Morgan fingerprint density at radius 2 is 1.11 bits per heavy atom. The van der Waals surface area contributed by atoms with Gasteiger partial charge in [0.15, 0.2) is 0 Å². The zero-order chi connectivity index (χ0) is 41.3. The highest BCUT2D eigenvalue weighted by atomic mass is 14.9. The van der Waals surface area contributed by atoms with Crippen molar-refractivity contribution in [2.45, 2.75) is 93.3 Å². The van der Waals surface area contributed by atoms with Crippen LogP contribution in [0.5, 0.6) is 0 Å². The average Bonchev–Trinajstić information content (AvgIpc) is 3.95. The summed E-state index contributed by atoms with van der Waals surface area (Å²) in [5.41, 5.74) is 24.0. The molecule has 306 valence electrons. The van der Waals surface area contributed by atoms with Crippen LogP contribution in [0, 0.1) is 35.0 Å². The monoisotopic (exact) mass is 821 g/mol. The van der Waals surface area contributed by atoms with Crippen LogP contribution in [-0.4, -0.2) is 9.38 Å². The van der Waals surface area contributed by atoms with Gasteiger partial charge in [-0.25, -0.2) is 0 Å². The van der Waals surface area contributed by atoms with E-state index < -0.39 is 5.41 Å². The number of nitriles is 1. The van der Waals surface area contributed by atoms with E-state index in [9.17, 15) is 5.26 Å². The van der Waals surface area contributed by atoms with Gasteiger partial charge in [0.2, 0.25) is 0 Å². The maximum atomic E-state index is 11.3. The molecule has 6 aromatic carbocycles. The standard InChI is InChI=1S/C61H47N3/c62-29-40-27-49-56(52-37-21-31-17-32(22-37)20-36(19-31)51(40)52)57-58-44(28-45-55-50(64(49)60(45)57)30-63-59-39-25-33-18-34(26-39)24-38(23-33)53(55)59)54-41(35-9-2-1-3-10-35)13-8-16-48(54)61(58)46-14-6-4-11-42(46)43-12-5-7-15-47(43)61/h1-16,27-28,30-34,36-39H,17-26H2. The Morgan fingerprint density at radius 1 is 0.516 bits per heavy atom. The molecule has 3 aromatic heterocycles. The van der Waals surface area contributed by atoms with Crippen molar-refractivity contribution in [3.8, 4) is 39.4 Å². The number of aromatic nitrogens is 2. The van der Waals surface area contributed by atoms with Gasteiger partial charge < -0.3 is 4.40 Å². The lowest BCUT2D eigenvalue weighted by Gasteiger charge is -2.38. The molecule has 19 rings (SSSR count). The fourth-order valence-corrected chi connectivity index (χ4v) is 17.7. The van der Waals surface area contributed by atoms with Crippen LogP contribution in [0.1, 0.15) is 138 Å². The Labute approximate surface area is 373 Å². The molecular weight excluding hydrogens is 775 g/mol. The summed E-state index contributed by atoms with van der Waals surface area (Å²) in [6, 6.07) is 45.2. The first-order chi connectivity index (χ1) is 31.7. The van der Waals surface area contributed by atoms with Crippen LogP contribution >= 0.6 is 0 Å². The molecule has 1 spiro atoms. The highest BCUT2D eigenvalue weighted by molar-refractivity contribution is 6.29. The van der Waals surface area contributed by atoms with Gasteiger partial charge >= 0.3 is 0 Å². The smallest absolute Gasteiger partial charge is 0.0995 e. The third-order valence-electron chi connectivity index (χ3n) is 19.2. The van der Waals surface area contributed by atoms with E-state index in [0.717, 1.165) is 29.2 Å². The van der Waals surface area contributed by atoms with Gasteiger partial charge in [-0.15, -0.1) is 0 Å². The van der Waals surface area contributed by atoms with Crippen LogP contribution < -0.4 is 0 Å². The molecule has 8 bridgehead atoms. The van der Waals surface area contributed by atoms with Crippen molar-refractivity contribution < 1.29 is 0 Å². The molecule has 4 atom stereocenters. The van der Waals surface area contributed by atoms with Crippen molar-refractivity contribution >= 4 is 38.1 Å². The molecule has 4 unspecified atom stereocenters. The first-order valence-electron chi connectivity index (χ1n) is 24.7. The van der Waals surface area contributed by atoms with E-state index in [-0.39, 0.29) is 0 Å². The molecule has 4 fully saturated rings.